The van der Waals surface area contributed by atoms with Gasteiger partial charge in [0, 0.05) is 5.39 Å². The van der Waals surface area contributed by atoms with Crippen LogP contribution in [-0.4, -0.2) is 52.2 Å². The van der Waals surface area contributed by atoms with Crippen LogP contribution >= 0.6 is 0 Å². The predicted molar refractivity (Wildman–Crippen MR) is 102 cm³/mol. The largest absolute Gasteiger partial charge is 0.394 e. The first kappa shape index (κ1) is 16.8. The third-order valence-corrected chi connectivity index (χ3v) is 4.94. The molecule has 0 fully saturated rings. The first-order chi connectivity index (χ1) is 13.6. The summed E-state index contributed by atoms with van der Waals surface area (Å²) in [6.07, 6.45) is 2.41. The number of imidazole rings is 1. The van der Waals surface area contributed by atoms with Gasteiger partial charge in [-0.05, 0) is 31.2 Å². The number of fused-ring (bicyclic) bond motifs is 4. The zero-order valence-corrected chi connectivity index (χ0v) is 15.0. The lowest BCUT2D eigenvalue weighted by atomic mass is 10.2. The number of pyridine rings is 1. The number of aliphatic hydroxyl groups excluding tert-OH is 2. The van der Waals surface area contributed by atoms with Gasteiger partial charge in [-0.2, -0.15) is 5.10 Å². The van der Waals surface area contributed by atoms with Gasteiger partial charge in [-0.15, -0.1) is 0 Å². The van der Waals surface area contributed by atoms with E-state index in [0.717, 1.165) is 33.3 Å². The third-order valence-electron chi connectivity index (χ3n) is 4.94. The van der Waals surface area contributed by atoms with Gasteiger partial charge in [-0.25, -0.2) is 14.4 Å². The van der Waals surface area contributed by atoms with Gasteiger partial charge in [-0.3, -0.25) is 5.10 Å². The summed E-state index contributed by atoms with van der Waals surface area (Å²) >= 11 is 0. The molecule has 0 aliphatic rings. The molecule has 4 aromatic heterocycles. The average molecular weight is 380 g/mol. The Hall–Kier alpha value is -3.30. The van der Waals surface area contributed by atoms with Crippen LogP contribution in [0.2, 0.25) is 0 Å². The molecule has 1 atom stereocenters. The van der Waals surface area contributed by atoms with Crippen molar-refractivity contribution in [2.75, 3.05) is 6.61 Å². The summed E-state index contributed by atoms with van der Waals surface area (Å²) in [5, 5.41) is 26.6. The van der Waals surface area contributed by atoms with Crippen LogP contribution in [0.4, 0.5) is 4.39 Å². The quantitative estimate of drug-likeness (QED) is 0.443. The minimum Gasteiger partial charge on any atom is -0.394 e. The van der Waals surface area contributed by atoms with Crippen LogP contribution < -0.4 is 0 Å². The molecule has 4 heterocycles. The van der Waals surface area contributed by atoms with Crippen molar-refractivity contribution in [3.05, 3.63) is 48.3 Å². The molecule has 0 aliphatic carbocycles. The zero-order valence-electron chi connectivity index (χ0n) is 15.0. The number of aliphatic hydroxyl groups is 2. The molecule has 142 valence electrons. The molecule has 1 aromatic carbocycles. The predicted octanol–water partition coefficient (Wildman–Crippen LogP) is 2.05. The van der Waals surface area contributed by atoms with Crippen molar-refractivity contribution in [2.45, 2.75) is 19.6 Å². The summed E-state index contributed by atoms with van der Waals surface area (Å²) < 4.78 is 17.5. The van der Waals surface area contributed by atoms with Crippen LogP contribution in [0.5, 0.6) is 0 Å². The van der Waals surface area contributed by atoms with E-state index in [2.05, 4.69) is 20.2 Å². The number of halogens is 1. The monoisotopic (exact) mass is 380 g/mol. The van der Waals surface area contributed by atoms with Crippen LogP contribution in [0, 0.1) is 12.7 Å². The molecule has 0 saturated heterocycles. The van der Waals surface area contributed by atoms with E-state index in [1.165, 1.54) is 12.1 Å². The Morgan fingerprint density at radius 1 is 1.25 bits per heavy atom. The van der Waals surface area contributed by atoms with Crippen molar-refractivity contribution >= 4 is 33.1 Å². The second-order valence-electron chi connectivity index (χ2n) is 6.80. The summed E-state index contributed by atoms with van der Waals surface area (Å²) in [5.41, 5.74) is 5.26. The number of nitrogens with one attached hydrogen (secondary N) is 1. The fourth-order valence-electron chi connectivity index (χ4n) is 3.65. The topological polar surface area (TPSA) is 105 Å². The van der Waals surface area contributed by atoms with Crippen molar-refractivity contribution in [1.82, 2.24) is 29.3 Å². The summed E-state index contributed by atoms with van der Waals surface area (Å²) in [5.74, 6) is -0.312. The maximum Gasteiger partial charge on any atom is 0.160 e. The van der Waals surface area contributed by atoms with Gasteiger partial charge in [0.25, 0.3) is 0 Å². The zero-order chi connectivity index (χ0) is 19.4. The van der Waals surface area contributed by atoms with Gasteiger partial charge in [-0.1, -0.05) is 0 Å². The smallest absolute Gasteiger partial charge is 0.160 e. The van der Waals surface area contributed by atoms with Gasteiger partial charge in [0.1, 0.15) is 11.3 Å². The van der Waals surface area contributed by atoms with Crippen LogP contribution in [-0.2, 0) is 6.54 Å². The molecule has 0 saturated carbocycles. The molecule has 5 aromatic rings. The maximum atomic E-state index is 13.8. The van der Waals surface area contributed by atoms with Crippen molar-refractivity contribution in [3.8, 4) is 5.69 Å². The highest BCUT2D eigenvalue weighted by Gasteiger charge is 2.18. The standard InChI is InChI=1S/C19H17FN6O2/c1-10-16(5-14-19(23-10)25(9-21-14)7-12(28)8-27)26-15-3-2-11(20)4-13(15)18-17(26)6-22-24-18/h2-6,9,12,27-28H,7-8H2,1H3,(H,22,24). The number of hydrogen-bond acceptors (Lipinski definition) is 5. The highest BCUT2D eigenvalue weighted by atomic mass is 19.1. The lowest BCUT2D eigenvalue weighted by molar-refractivity contribution is 0.0820. The minimum atomic E-state index is -0.881. The molecule has 8 nitrogen and oxygen atoms in total. The third kappa shape index (κ3) is 2.40. The van der Waals surface area contributed by atoms with Gasteiger partial charge >= 0.3 is 0 Å². The lowest BCUT2D eigenvalue weighted by Gasteiger charge is -2.12. The van der Waals surface area contributed by atoms with Crippen LogP contribution in [0.15, 0.2) is 36.8 Å². The first-order valence-corrected chi connectivity index (χ1v) is 8.81. The van der Waals surface area contributed by atoms with Crippen LogP contribution in [0.25, 0.3) is 38.8 Å². The molecule has 28 heavy (non-hydrogen) atoms. The second kappa shape index (κ2) is 6.11. The Labute approximate surface area is 157 Å². The molecular weight excluding hydrogens is 363 g/mol. The first-order valence-electron chi connectivity index (χ1n) is 8.81. The highest BCUT2D eigenvalue weighted by molar-refractivity contribution is 6.07. The Morgan fingerprint density at radius 3 is 2.93 bits per heavy atom. The van der Waals surface area contributed by atoms with E-state index in [1.54, 1.807) is 23.2 Å². The number of hydrogen-bond donors (Lipinski definition) is 3. The molecule has 0 radical (unpaired) electrons. The molecule has 3 N–H and O–H groups in total. The summed E-state index contributed by atoms with van der Waals surface area (Å²) in [7, 11) is 0. The van der Waals surface area contributed by atoms with E-state index < -0.39 is 6.10 Å². The maximum absolute atomic E-state index is 13.8. The van der Waals surface area contributed by atoms with E-state index >= 15 is 0 Å². The Morgan fingerprint density at radius 2 is 2.11 bits per heavy atom. The number of nitrogens with zero attached hydrogens (tertiary/aromatic N) is 5. The van der Waals surface area contributed by atoms with E-state index in [9.17, 15) is 9.50 Å². The Balaban J connectivity index is 1.75. The Bertz CT molecular complexity index is 1330. The van der Waals surface area contributed by atoms with E-state index in [0.29, 0.717) is 11.2 Å². The van der Waals surface area contributed by atoms with Gasteiger partial charge in [0.05, 0.1) is 59.7 Å². The lowest BCUT2D eigenvalue weighted by Crippen LogP contribution is -2.19. The van der Waals surface area contributed by atoms with Crippen molar-refractivity contribution in [3.63, 3.8) is 0 Å². The molecular formula is C19H17FN6O2. The average Bonchev–Trinajstić information content (AvgIpc) is 3.36. The fourth-order valence-corrected chi connectivity index (χ4v) is 3.65. The summed E-state index contributed by atoms with van der Waals surface area (Å²) in [4.78, 5) is 9.07. The SMILES string of the molecule is Cc1nc2c(cc1-n1c3ccc(F)cc3c3[nH]ncc31)ncn2CC(O)CO. The van der Waals surface area contributed by atoms with E-state index in [1.807, 2.05) is 17.6 Å². The summed E-state index contributed by atoms with van der Waals surface area (Å²) in [6.45, 7) is 1.76. The van der Waals surface area contributed by atoms with Crippen molar-refractivity contribution in [2.24, 2.45) is 0 Å². The molecule has 0 amide bonds. The van der Waals surface area contributed by atoms with E-state index in [-0.39, 0.29) is 19.0 Å². The minimum absolute atomic E-state index is 0.205. The van der Waals surface area contributed by atoms with Crippen molar-refractivity contribution in [1.29, 1.82) is 0 Å². The van der Waals surface area contributed by atoms with Crippen molar-refractivity contribution < 1.29 is 14.6 Å². The van der Waals surface area contributed by atoms with Crippen LogP contribution in [0.1, 0.15) is 5.69 Å². The Kier molecular flexibility index (Phi) is 3.68. The van der Waals surface area contributed by atoms with E-state index in [4.69, 9.17) is 5.11 Å². The molecule has 0 spiro atoms. The highest BCUT2D eigenvalue weighted by Crippen LogP contribution is 2.32. The second-order valence-corrected chi connectivity index (χ2v) is 6.80. The number of aromatic nitrogens is 6. The molecule has 0 bridgehead atoms. The fraction of sp³-hybridized carbons (Fsp3) is 0.211. The van der Waals surface area contributed by atoms with Gasteiger partial charge in [0.2, 0.25) is 0 Å². The number of H-pyrrole nitrogens is 1. The summed E-state index contributed by atoms with van der Waals surface area (Å²) in [6, 6.07) is 6.56. The molecule has 1 unspecified atom stereocenters. The van der Waals surface area contributed by atoms with Gasteiger partial charge in [0.15, 0.2) is 5.65 Å². The number of aryl methyl sites for hydroxylation is 1. The van der Waals surface area contributed by atoms with Crippen LogP contribution in [0.3, 0.4) is 0 Å². The van der Waals surface area contributed by atoms with Gasteiger partial charge < -0.3 is 19.3 Å². The number of benzene rings is 1. The molecule has 0 aliphatic heterocycles. The molecule has 5 rings (SSSR count). The molecule has 9 heteroatoms. The normalized spacial score (nSPS) is 13.1. The number of aromatic amines is 1. The number of rotatable bonds is 4.